The molecular formula is C23H23F2N7O4. The summed E-state index contributed by atoms with van der Waals surface area (Å²) in [6.45, 7) is -0.231. The smallest absolute Gasteiger partial charge is 0.387 e. The fraction of sp³-hybridized carbons (Fsp3) is 0.304. The second-order valence-corrected chi connectivity index (χ2v) is 8.07. The van der Waals surface area contributed by atoms with Crippen molar-refractivity contribution in [3.63, 3.8) is 0 Å². The van der Waals surface area contributed by atoms with E-state index >= 15 is 0 Å². The van der Waals surface area contributed by atoms with Crippen molar-refractivity contribution in [3.8, 4) is 22.8 Å². The Kier molecular flexibility index (Phi) is 6.38. The van der Waals surface area contributed by atoms with Crippen LogP contribution in [0.25, 0.3) is 16.9 Å². The van der Waals surface area contributed by atoms with Gasteiger partial charge in [-0.25, -0.2) is 9.50 Å². The number of halogens is 2. The number of carbonyl (C=O) groups is 1. The van der Waals surface area contributed by atoms with E-state index in [4.69, 9.17) is 9.47 Å². The SMILES string of the molecule is CC[C@H](O)Cn1cc(NC(=O)c2cnn3cccnc23)c(-c2cc3c(cc2OC(F)F)NCCO3)n1. The Hall–Kier alpha value is -4.26. The molecule has 4 heterocycles. The molecule has 0 spiro atoms. The van der Waals surface area contributed by atoms with Crippen molar-refractivity contribution in [3.05, 3.63) is 48.5 Å². The van der Waals surface area contributed by atoms with Gasteiger partial charge in [-0.05, 0) is 18.6 Å². The molecule has 0 aliphatic carbocycles. The number of fused-ring (bicyclic) bond motifs is 2. The Labute approximate surface area is 203 Å². The van der Waals surface area contributed by atoms with Crippen LogP contribution in [-0.4, -0.2) is 61.3 Å². The van der Waals surface area contributed by atoms with E-state index in [9.17, 15) is 18.7 Å². The van der Waals surface area contributed by atoms with Gasteiger partial charge in [-0.15, -0.1) is 0 Å². The summed E-state index contributed by atoms with van der Waals surface area (Å²) >= 11 is 0. The van der Waals surface area contributed by atoms with Crippen LogP contribution in [0.4, 0.5) is 20.2 Å². The number of anilines is 2. The number of amides is 1. The van der Waals surface area contributed by atoms with Gasteiger partial charge >= 0.3 is 6.61 Å². The van der Waals surface area contributed by atoms with Gasteiger partial charge in [0.05, 0.1) is 35.8 Å². The van der Waals surface area contributed by atoms with Crippen molar-refractivity contribution in [2.45, 2.75) is 32.6 Å². The average molecular weight is 499 g/mol. The number of aliphatic hydroxyl groups is 1. The Bertz CT molecular complexity index is 1400. The molecule has 11 nitrogen and oxygen atoms in total. The van der Waals surface area contributed by atoms with E-state index in [-0.39, 0.29) is 34.8 Å². The van der Waals surface area contributed by atoms with Crippen LogP contribution in [0, 0.1) is 0 Å². The molecule has 1 atom stereocenters. The molecule has 0 fully saturated rings. The van der Waals surface area contributed by atoms with Gasteiger partial charge in [-0.2, -0.15) is 19.0 Å². The van der Waals surface area contributed by atoms with Crippen LogP contribution in [-0.2, 0) is 6.54 Å². The number of hydrogen-bond donors (Lipinski definition) is 3. The lowest BCUT2D eigenvalue weighted by Crippen LogP contribution is -2.18. The zero-order valence-corrected chi connectivity index (χ0v) is 19.2. The zero-order chi connectivity index (χ0) is 25.2. The van der Waals surface area contributed by atoms with E-state index in [1.165, 1.54) is 33.7 Å². The maximum Gasteiger partial charge on any atom is 0.387 e. The molecule has 188 valence electrons. The third kappa shape index (κ3) is 4.64. The lowest BCUT2D eigenvalue weighted by atomic mass is 10.1. The maximum atomic E-state index is 13.3. The number of rotatable bonds is 8. The molecular weight excluding hydrogens is 476 g/mol. The minimum atomic E-state index is -3.08. The van der Waals surface area contributed by atoms with E-state index < -0.39 is 18.6 Å². The van der Waals surface area contributed by atoms with Gasteiger partial charge in [-0.1, -0.05) is 6.92 Å². The van der Waals surface area contributed by atoms with Crippen molar-refractivity contribution in [2.75, 3.05) is 23.8 Å². The fourth-order valence-electron chi connectivity index (χ4n) is 3.87. The highest BCUT2D eigenvalue weighted by Gasteiger charge is 2.25. The van der Waals surface area contributed by atoms with Crippen LogP contribution in [0.1, 0.15) is 23.7 Å². The molecule has 0 unspecified atom stereocenters. The number of aromatic nitrogens is 5. The highest BCUT2D eigenvalue weighted by molar-refractivity contribution is 6.09. The van der Waals surface area contributed by atoms with Crippen molar-refractivity contribution in [1.82, 2.24) is 24.4 Å². The van der Waals surface area contributed by atoms with Crippen LogP contribution in [0.3, 0.4) is 0 Å². The highest BCUT2D eigenvalue weighted by Crippen LogP contribution is 2.42. The largest absolute Gasteiger partial charge is 0.490 e. The molecule has 3 N–H and O–H groups in total. The minimum Gasteiger partial charge on any atom is -0.490 e. The lowest BCUT2D eigenvalue weighted by Gasteiger charge is -2.21. The number of ether oxygens (including phenoxy) is 2. The number of alkyl halides is 2. The van der Waals surface area contributed by atoms with Crippen LogP contribution in [0.2, 0.25) is 0 Å². The first-order valence-electron chi connectivity index (χ1n) is 11.3. The molecule has 1 aromatic carbocycles. The van der Waals surface area contributed by atoms with Crippen LogP contribution in [0.5, 0.6) is 11.5 Å². The molecule has 0 saturated heterocycles. The van der Waals surface area contributed by atoms with Crippen molar-refractivity contribution in [1.29, 1.82) is 0 Å². The maximum absolute atomic E-state index is 13.3. The number of carbonyl (C=O) groups excluding carboxylic acids is 1. The summed E-state index contributed by atoms with van der Waals surface area (Å²) in [7, 11) is 0. The predicted molar refractivity (Wildman–Crippen MR) is 126 cm³/mol. The number of aliphatic hydroxyl groups excluding tert-OH is 1. The minimum absolute atomic E-state index is 0.131. The van der Waals surface area contributed by atoms with E-state index in [2.05, 4.69) is 25.8 Å². The van der Waals surface area contributed by atoms with Gasteiger partial charge in [0.1, 0.15) is 29.4 Å². The third-order valence-electron chi connectivity index (χ3n) is 5.63. The molecule has 13 heteroatoms. The molecule has 1 aliphatic rings. The molecule has 5 rings (SSSR count). The summed E-state index contributed by atoms with van der Waals surface area (Å²) in [4.78, 5) is 17.4. The molecule has 4 aromatic rings. The monoisotopic (exact) mass is 499 g/mol. The third-order valence-corrected chi connectivity index (χ3v) is 5.63. The van der Waals surface area contributed by atoms with E-state index in [1.807, 2.05) is 6.92 Å². The van der Waals surface area contributed by atoms with Crippen LogP contribution in [0.15, 0.2) is 43.0 Å². The normalized spacial score (nSPS) is 13.7. The molecule has 1 amide bonds. The van der Waals surface area contributed by atoms with E-state index in [0.29, 0.717) is 36.7 Å². The standard InChI is InChI=1S/C23H23F2N7O4/c1-2-13(33)11-31-12-17(29-22(34)15-10-28-32-6-3-4-27-21(15)32)20(30-31)14-8-19-16(26-5-7-35-19)9-18(14)36-23(24)25/h3-4,6,8-10,12-13,23,26,33H,2,5,7,11H2,1H3,(H,29,34)/t13-/m0/s1. The quantitative estimate of drug-likeness (QED) is 0.338. The van der Waals surface area contributed by atoms with Gasteiger partial charge in [0.15, 0.2) is 5.65 Å². The van der Waals surface area contributed by atoms with Gasteiger partial charge in [0, 0.05) is 31.2 Å². The van der Waals surface area contributed by atoms with Gasteiger partial charge in [0.25, 0.3) is 5.91 Å². The van der Waals surface area contributed by atoms with Crippen molar-refractivity contribution in [2.24, 2.45) is 0 Å². The summed E-state index contributed by atoms with van der Waals surface area (Å²) in [5, 5.41) is 24.6. The second kappa shape index (κ2) is 9.77. The summed E-state index contributed by atoms with van der Waals surface area (Å²) in [6, 6.07) is 4.63. The molecule has 1 aliphatic heterocycles. The first-order valence-corrected chi connectivity index (χ1v) is 11.3. The number of benzene rings is 1. The van der Waals surface area contributed by atoms with Gasteiger partial charge < -0.3 is 25.2 Å². The van der Waals surface area contributed by atoms with Crippen LogP contribution < -0.4 is 20.1 Å². The predicted octanol–water partition coefficient (Wildman–Crippen LogP) is 3.02. The van der Waals surface area contributed by atoms with Crippen molar-refractivity contribution >= 4 is 22.9 Å². The first-order chi connectivity index (χ1) is 17.4. The van der Waals surface area contributed by atoms with Gasteiger partial charge in [0.2, 0.25) is 0 Å². The topological polar surface area (TPSA) is 128 Å². The average Bonchev–Trinajstić information content (AvgIpc) is 3.47. The Balaban J connectivity index is 1.58. The van der Waals surface area contributed by atoms with E-state index in [0.717, 1.165) is 0 Å². The summed E-state index contributed by atoms with van der Waals surface area (Å²) < 4.78 is 40.0. The zero-order valence-electron chi connectivity index (χ0n) is 19.2. The van der Waals surface area contributed by atoms with Crippen molar-refractivity contribution < 1.29 is 28.2 Å². The Morgan fingerprint density at radius 2 is 2.25 bits per heavy atom. The molecule has 0 saturated carbocycles. The highest BCUT2D eigenvalue weighted by atomic mass is 19.3. The lowest BCUT2D eigenvalue weighted by molar-refractivity contribution is -0.0494. The van der Waals surface area contributed by atoms with Crippen LogP contribution >= 0.6 is 0 Å². The summed E-state index contributed by atoms with van der Waals surface area (Å²) in [6.07, 6.45) is 5.88. The molecule has 3 aromatic heterocycles. The number of nitrogens with one attached hydrogen (secondary N) is 2. The Morgan fingerprint density at radius 3 is 3.06 bits per heavy atom. The van der Waals surface area contributed by atoms with E-state index in [1.54, 1.807) is 18.5 Å². The summed E-state index contributed by atoms with van der Waals surface area (Å²) in [5.41, 5.74) is 1.65. The second-order valence-electron chi connectivity index (χ2n) is 8.07. The number of hydrogen-bond acceptors (Lipinski definition) is 8. The van der Waals surface area contributed by atoms with Gasteiger partial charge in [-0.3, -0.25) is 9.48 Å². The Morgan fingerprint density at radius 1 is 1.39 bits per heavy atom. The number of nitrogens with zero attached hydrogens (tertiary/aromatic N) is 5. The first kappa shape index (κ1) is 23.5. The summed E-state index contributed by atoms with van der Waals surface area (Å²) in [5.74, 6) is -0.228. The molecule has 0 bridgehead atoms. The fourth-order valence-corrected chi connectivity index (χ4v) is 3.87. The molecule has 36 heavy (non-hydrogen) atoms. The molecule has 0 radical (unpaired) electrons.